The molecule has 4 aromatic heterocycles. The number of piperazine rings is 1. The molecule has 0 aromatic carbocycles. The zero-order valence-corrected chi connectivity index (χ0v) is 23.9. The van der Waals surface area contributed by atoms with E-state index in [0.717, 1.165) is 71.5 Å². The molecule has 8 nitrogen and oxygen atoms in total. The summed E-state index contributed by atoms with van der Waals surface area (Å²) in [7, 11) is 0. The van der Waals surface area contributed by atoms with E-state index in [1.54, 1.807) is 17.7 Å². The average molecular weight is 522 g/mol. The van der Waals surface area contributed by atoms with Gasteiger partial charge >= 0.3 is 0 Å². The van der Waals surface area contributed by atoms with Crippen LogP contribution in [0.1, 0.15) is 70.1 Å². The monoisotopic (exact) mass is 521 g/mol. The molecule has 6 heterocycles. The highest BCUT2D eigenvalue weighted by Crippen LogP contribution is 2.42. The predicted octanol–water partition coefficient (Wildman–Crippen LogP) is 5.54. The molecule has 2 aliphatic rings. The lowest BCUT2D eigenvalue weighted by molar-refractivity contribution is -0.0202. The Hall–Kier alpha value is -2.49. The van der Waals surface area contributed by atoms with Gasteiger partial charge in [0.25, 0.3) is 0 Å². The average Bonchev–Trinajstić information content (AvgIpc) is 3.57. The first-order valence-electron chi connectivity index (χ1n) is 13.6. The zero-order valence-electron chi connectivity index (χ0n) is 23.1. The van der Waals surface area contributed by atoms with Gasteiger partial charge in [0.15, 0.2) is 10.8 Å². The number of nitrogens with one attached hydrogen (secondary N) is 1. The number of fused-ring (bicyclic) bond motifs is 2. The molecule has 2 fully saturated rings. The molecule has 0 aliphatic carbocycles. The van der Waals surface area contributed by atoms with Gasteiger partial charge in [0, 0.05) is 61.2 Å². The summed E-state index contributed by atoms with van der Waals surface area (Å²) in [5, 5.41) is 5.55. The van der Waals surface area contributed by atoms with E-state index >= 15 is 0 Å². The van der Waals surface area contributed by atoms with Crippen LogP contribution in [0.3, 0.4) is 0 Å². The van der Waals surface area contributed by atoms with Crippen molar-refractivity contribution in [2.75, 3.05) is 31.2 Å². The smallest absolute Gasteiger partial charge is 0.188 e. The van der Waals surface area contributed by atoms with E-state index in [2.05, 4.69) is 79.5 Å². The Morgan fingerprint density at radius 3 is 2.65 bits per heavy atom. The fourth-order valence-electron chi connectivity index (χ4n) is 6.42. The van der Waals surface area contributed by atoms with Gasteiger partial charge in [0.2, 0.25) is 0 Å². The molecule has 2 aliphatic heterocycles. The van der Waals surface area contributed by atoms with Gasteiger partial charge in [-0.1, -0.05) is 25.2 Å². The second kappa shape index (κ2) is 9.06. The molecule has 198 valence electrons. The number of ether oxygens (including phenoxy) is 1. The van der Waals surface area contributed by atoms with Crippen LogP contribution in [-0.4, -0.2) is 73.4 Å². The highest BCUT2D eigenvalue weighted by molar-refractivity contribution is 7.21. The van der Waals surface area contributed by atoms with Gasteiger partial charge in [0.1, 0.15) is 16.7 Å². The van der Waals surface area contributed by atoms with Crippen LogP contribution < -0.4 is 4.90 Å². The van der Waals surface area contributed by atoms with Crippen LogP contribution in [0.15, 0.2) is 12.5 Å². The van der Waals surface area contributed by atoms with Crippen LogP contribution in [0.25, 0.3) is 27.3 Å². The Labute approximate surface area is 223 Å². The van der Waals surface area contributed by atoms with E-state index in [4.69, 9.17) is 9.72 Å². The first-order valence-corrected chi connectivity index (χ1v) is 14.4. The van der Waals surface area contributed by atoms with Crippen molar-refractivity contribution < 1.29 is 4.74 Å². The Morgan fingerprint density at radius 2 is 1.92 bits per heavy atom. The minimum absolute atomic E-state index is 0.0851. The second-order valence-corrected chi connectivity index (χ2v) is 12.8. The lowest BCUT2D eigenvalue weighted by Gasteiger charge is -2.53. The van der Waals surface area contributed by atoms with Crippen molar-refractivity contribution in [1.29, 1.82) is 0 Å². The van der Waals surface area contributed by atoms with Gasteiger partial charge in [-0.2, -0.15) is 5.10 Å². The van der Waals surface area contributed by atoms with Crippen molar-refractivity contribution in [2.45, 2.75) is 84.8 Å². The predicted molar refractivity (Wildman–Crippen MR) is 151 cm³/mol. The quantitative estimate of drug-likeness (QED) is 0.380. The van der Waals surface area contributed by atoms with Crippen LogP contribution in [0.4, 0.5) is 5.13 Å². The number of aromatic nitrogens is 5. The number of anilines is 1. The van der Waals surface area contributed by atoms with Crippen LogP contribution in [0.5, 0.6) is 0 Å². The van der Waals surface area contributed by atoms with Crippen LogP contribution >= 0.6 is 11.3 Å². The van der Waals surface area contributed by atoms with Gasteiger partial charge < -0.3 is 14.6 Å². The Morgan fingerprint density at radius 1 is 1.16 bits per heavy atom. The molecule has 9 heteroatoms. The highest BCUT2D eigenvalue weighted by Gasteiger charge is 2.42. The van der Waals surface area contributed by atoms with E-state index in [-0.39, 0.29) is 5.54 Å². The number of nitrogens with zero attached hydrogens (tertiary/aromatic N) is 6. The molecule has 0 unspecified atom stereocenters. The summed E-state index contributed by atoms with van der Waals surface area (Å²) in [4.78, 5) is 20.0. The van der Waals surface area contributed by atoms with Crippen molar-refractivity contribution in [2.24, 2.45) is 0 Å². The summed E-state index contributed by atoms with van der Waals surface area (Å²) >= 11 is 1.79. The number of rotatable bonds is 4. The SMILES string of the molecule is Cc1c(-c2[nH]c3sc(N4CC(C)(C)N(C5CCOCC5)C[C@@H]4C)nc3c2C(C)C)cn2ncnc2c1C. The molecule has 0 amide bonds. The van der Waals surface area contributed by atoms with Crippen molar-refractivity contribution in [1.82, 2.24) is 29.5 Å². The van der Waals surface area contributed by atoms with Gasteiger partial charge in [0.05, 0.1) is 5.69 Å². The minimum Gasteiger partial charge on any atom is -0.381 e. The van der Waals surface area contributed by atoms with E-state index in [0.29, 0.717) is 18.0 Å². The maximum Gasteiger partial charge on any atom is 0.188 e. The van der Waals surface area contributed by atoms with Crippen molar-refractivity contribution >= 4 is 32.5 Å². The maximum absolute atomic E-state index is 5.65. The third-order valence-electron chi connectivity index (χ3n) is 8.56. The van der Waals surface area contributed by atoms with Crippen LogP contribution in [0.2, 0.25) is 0 Å². The number of pyridine rings is 1. The Bertz CT molecular complexity index is 1440. The fraction of sp³-hybridized carbons (Fsp3) is 0.607. The molecular formula is C28H39N7OS. The molecular weight excluding hydrogens is 482 g/mol. The van der Waals surface area contributed by atoms with Gasteiger partial charge in [-0.05, 0) is 64.5 Å². The minimum atomic E-state index is 0.0851. The number of thiazole rings is 1. The molecule has 1 N–H and O–H groups in total. The first-order chi connectivity index (χ1) is 17.7. The van der Waals surface area contributed by atoms with Crippen molar-refractivity contribution in [3.8, 4) is 11.3 Å². The van der Waals surface area contributed by atoms with E-state index in [1.807, 2.05) is 4.52 Å². The van der Waals surface area contributed by atoms with Crippen molar-refractivity contribution in [3.63, 3.8) is 0 Å². The summed E-state index contributed by atoms with van der Waals surface area (Å²) < 4.78 is 7.53. The maximum atomic E-state index is 5.65. The lowest BCUT2D eigenvalue weighted by atomic mass is 9.91. The summed E-state index contributed by atoms with van der Waals surface area (Å²) in [6, 6.07) is 1.02. The zero-order chi connectivity index (χ0) is 26.1. The van der Waals surface area contributed by atoms with Crippen molar-refractivity contribution in [3.05, 3.63) is 29.2 Å². The summed E-state index contributed by atoms with van der Waals surface area (Å²) in [6.07, 6.45) is 6.00. The topological polar surface area (TPSA) is 74.6 Å². The van der Waals surface area contributed by atoms with Crippen LogP contribution in [0, 0.1) is 13.8 Å². The molecule has 0 radical (unpaired) electrons. The molecule has 0 saturated carbocycles. The molecule has 0 spiro atoms. The van der Waals surface area contributed by atoms with Crippen LogP contribution in [-0.2, 0) is 4.74 Å². The third kappa shape index (κ3) is 4.06. The summed E-state index contributed by atoms with van der Waals surface area (Å²) in [6.45, 7) is 19.8. The Balaban J connectivity index is 1.37. The van der Waals surface area contributed by atoms with E-state index in [1.165, 1.54) is 16.7 Å². The number of hydrogen-bond donors (Lipinski definition) is 1. The van der Waals surface area contributed by atoms with E-state index < -0.39 is 0 Å². The molecule has 6 rings (SSSR count). The van der Waals surface area contributed by atoms with Gasteiger partial charge in [-0.15, -0.1) is 0 Å². The fourth-order valence-corrected chi connectivity index (χ4v) is 7.50. The largest absolute Gasteiger partial charge is 0.381 e. The second-order valence-electron chi connectivity index (χ2n) is 11.8. The highest BCUT2D eigenvalue weighted by atomic mass is 32.1. The number of H-pyrrole nitrogens is 1. The standard InChI is InChI=1S/C28H39N7OS/c1-16(2)22-23(21-13-35-25(29-15-30-35)19(5)18(21)4)31-26-24(22)32-27(37-26)33-14-28(6,7)34(12-17(33)3)20-8-10-36-11-9-20/h13,15-17,20,31H,8-12,14H2,1-7H3/t17-/m0/s1. The summed E-state index contributed by atoms with van der Waals surface area (Å²) in [5.41, 5.74) is 8.12. The lowest BCUT2D eigenvalue weighted by Crippen LogP contribution is -2.65. The van der Waals surface area contributed by atoms with Gasteiger partial charge in [-0.25, -0.2) is 14.5 Å². The molecule has 1 atom stereocenters. The molecule has 0 bridgehead atoms. The molecule has 2 saturated heterocycles. The number of hydrogen-bond acceptors (Lipinski definition) is 7. The molecule has 37 heavy (non-hydrogen) atoms. The van der Waals surface area contributed by atoms with Gasteiger partial charge in [-0.3, -0.25) is 4.90 Å². The summed E-state index contributed by atoms with van der Waals surface area (Å²) in [5.74, 6) is 0.337. The number of aryl methyl sites for hydroxylation is 1. The first kappa shape index (κ1) is 24.8. The number of aromatic amines is 1. The Kier molecular flexibility index (Phi) is 6.08. The molecule has 4 aromatic rings. The van der Waals surface area contributed by atoms with E-state index in [9.17, 15) is 0 Å². The normalized spacial score (nSPS) is 21.6. The third-order valence-corrected chi connectivity index (χ3v) is 9.56.